The van der Waals surface area contributed by atoms with Crippen molar-refractivity contribution in [3.05, 3.63) is 57.8 Å². The van der Waals surface area contributed by atoms with Crippen LogP contribution in [0.5, 0.6) is 0 Å². The number of fused-ring (bicyclic) bond motifs is 1. The Labute approximate surface area is 170 Å². The maximum atomic E-state index is 13.4. The van der Waals surface area contributed by atoms with Gasteiger partial charge in [-0.15, -0.1) is 11.3 Å². The fourth-order valence-corrected chi connectivity index (χ4v) is 5.17. The lowest BCUT2D eigenvalue weighted by Gasteiger charge is -2.42. The van der Waals surface area contributed by atoms with Crippen molar-refractivity contribution in [2.45, 2.75) is 45.1 Å². The number of amides is 2. The van der Waals surface area contributed by atoms with Crippen molar-refractivity contribution in [3.8, 4) is 0 Å². The highest BCUT2D eigenvalue weighted by Gasteiger charge is 2.44. The molecule has 2 heterocycles. The van der Waals surface area contributed by atoms with Crippen molar-refractivity contribution in [1.29, 1.82) is 0 Å². The number of hydrogen-bond donors (Lipinski definition) is 1. The number of carbonyl (C=O) groups excluding carboxylic acids is 2. The largest absolute Gasteiger partial charge is 0.355 e. The fourth-order valence-electron chi connectivity index (χ4n) is 4.30. The molecule has 0 radical (unpaired) electrons. The topological polar surface area (TPSA) is 49.4 Å². The molecule has 1 fully saturated rings. The first-order valence-corrected chi connectivity index (χ1v) is 11.1. The second kappa shape index (κ2) is 8.08. The number of nitrogens with zero attached hydrogens (tertiary/aromatic N) is 1. The van der Waals surface area contributed by atoms with Gasteiger partial charge in [0.05, 0.1) is 12.0 Å². The SMILES string of the molecule is CC(C)CN1C(=O)c2ccccc2[C@@H](C(=O)NCC2CCC2)[C@H]1c1cccs1. The Kier molecular flexibility index (Phi) is 5.54. The van der Waals surface area contributed by atoms with Gasteiger partial charge in [-0.25, -0.2) is 0 Å². The van der Waals surface area contributed by atoms with Crippen LogP contribution in [0.2, 0.25) is 0 Å². The minimum atomic E-state index is -0.369. The van der Waals surface area contributed by atoms with Crippen LogP contribution in [0.3, 0.4) is 0 Å². The monoisotopic (exact) mass is 396 g/mol. The summed E-state index contributed by atoms with van der Waals surface area (Å²) >= 11 is 1.62. The standard InChI is InChI=1S/C23H28N2O2S/c1-15(2)14-25-21(19-11-6-12-28-19)20(22(26)24-13-16-7-5-8-16)17-9-3-4-10-18(17)23(25)27/h3-4,6,9-12,15-16,20-21H,5,7-8,13-14H2,1-2H3,(H,24,26)/t20-,21-/m1/s1. The van der Waals surface area contributed by atoms with Gasteiger partial charge in [0.25, 0.3) is 5.91 Å². The number of hydrogen-bond acceptors (Lipinski definition) is 3. The average molecular weight is 397 g/mol. The summed E-state index contributed by atoms with van der Waals surface area (Å²) in [6, 6.07) is 11.4. The van der Waals surface area contributed by atoms with Gasteiger partial charge in [0.15, 0.2) is 0 Å². The molecule has 1 aliphatic heterocycles. The van der Waals surface area contributed by atoms with Crippen molar-refractivity contribution in [3.63, 3.8) is 0 Å². The number of benzene rings is 1. The molecular weight excluding hydrogens is 368 g/mol. The number of rotatable bonds is 6. The van der Waals surface area contributed by atoms with Gasteiger partial charge >= 0.3 is 0 Å². The third-order valence-corrected chi connectivity index (χ3v) is 6.85. The summed E-state index contributed by atoms with van der Waals surface area (Å²) in [6.45, 7) is 5.62. The zero-order valence-electron chi connectivity index (χ0n) is 16.6. The second-order valence-corrected chi connectivity index (χ2v) is 9.40. The summed E-state index contributed by atoms with van der Waals surface area (Å²) < 4.78 is 0. The van der Waals surface area contributed by atoms with Crippen LogP contribution in [0.25, 0.3) is 0 Å². The minimum absolute atomic E-state index is 0.0331. The van der Waals surface area contributed by atoms with E-state index in [-0.39, 0.29) is 23.8 Å². The van der Waals surface area contributed by atoms with Crippen LogP contribution in [0, 0.1) is 11.8 Å². The molecule has 4 nitrogen and oxygen atoms in total. The van der Waals surface area contributed by atoms with E-state index in [1.54, 1.807) is 11.3 Å². The van der Waals surface area contributed by atoms with Gasteiger partial charge in [0, 0.05) is 23.5 Å². The van der Waals surface area contributed by atoms with Gasteiger partial charge in [-0.3, -0.25) is 9.59 Å². The van der Waals surface area contributed by atoms with Crippen LogP contribution >= 0.6 is 11.3 Å². The summed E-state index contributed by atoms with van der Waals surface area (Å²) in [5, 5.41) is 5.23. The van der Waals surface area contributed by atoms with E-state index in [1.807, 2.05) is 40.6 Å². The molecule has 1 aromatic heterocycles. The first-order valence-electron chi connectivity index (χ1n) is 10.3. The van der Waals surface area contributed by atoms with Crippen molar-refractivity contribution in [1.82, 2.24) is 10.2 Å². The Morgan fingerprint density at radius 1 is 1.21 bits per heavy atom. The summed E-state index contributed by atoms with van der Waals surface area (Å²) in [5.41, 5.74) is 1.52. The van der Waals surface area contributed by atoms with Crippen LogP contribution in [0.1, 0.15) is 65.9 Å². The lowest BCUT2D eigenvalue weighted by Crippen LogP contribution is -2.49. The maximum Gasteiger partial charge on any atom is 0.254 e. The van der Waals surface area contributed by atoms with Crippen LogP contribution in [-0.4, -0.2) is 29.8 Å². The Hall–Kier alpha value is -2.14. The van der Waals surface area contributed by atoms with Gasteiger partial charge in [0.1, 0.15) is 0 Å². The van der Waals surface area contributed by atoms with Crippen LogP contribution in [0.4, 0.5) is 0 Å². The highest BCUT2D eigenvalue weighted by molar-refractivity contribution is 7.10. The van der Waals surface area contributed by atoms with Crippen molar-refractivity contribution >= 4 is 23.2 Å². The maximum absolute atomic E-state index is 13.4. The van der Waals surface area contributed by atoms with Crippen LogP contribution < -0.4 is 5.32 Å². The molecule has 2 atom stereocenters. The molecule has 0 saturated heterocycles. The summed E-state index contributed by atoms with van der Waals surface area (Å²) in [6.07, 6.45) is 3.67. The quantitative estimate of drug-likeness (QED) is 0.776. The molecule has 1 N–H and O–H groups in total. The predicted molar refractivity (Wildman–Crippen MR) is 112 cm³/mol. The number of thiophene rings is 1. The molecule has 1 aromatic carbocycles. The van der Waals surface area contributed by atoms with Crippen LogP contribution in [-0.2, 0) is 4.79 Å². The van der Waals surface area contributed by atoms with E-state index in [0.29, 0.717) is 23.9 Å². The van der Waals surface area contributed by atoms with Crippen molar-refractivity contribution in [2.75, 3.05) is 13.1 Å². The third kappa shape index (κ3) is 3.60. The minimum Gasteiger partial charge on any atom is -0.355 e. The highest BCUT2D eigenvalue weighted by Crippen LogP contribution is 2.44. The third-order valence-electron chi connectivity index (χ3n) is 5.91. The molecule has 0 unspecified atom stereocenters. The molecule has 4 rings (SSSR count). The molecule has 28 heavy (non-hydrogen) atoms. The number of carbonyl (C=O) groups is 2. The van der Waals surface area contributed by atoms with E-state index in [0.717, 1.165) is 17.0 Å². The Bertz CT molecular complexity index is 842. The lowest BCUT2D eigenvalue weighted by molar-refractivity contribution is -0.124. The molecule has 2 amide bonds. The first-order chi connectivity index (χ1) is 13.6. The molecule has 1 aliphatic carbocycles. The molecule has 5 heteroatoms. The zero-order chi connectivity index (χ0) is 19.7. The molecule has 148 valence electrons. The van der Waals surface area contributed by atoms with E-state index >= 15 is 0 Å². The number of nitrogens with one attached hydrogen (secondary N) is 1. The highest BCUT2D eigenvalue weighted by atomic mass is 32.1. The van der Waals surface area contributed by atoms with E-state index in [2.05, 4.69) is 25.2 Å². The van der Waals surface area contributed by atoms with E-state index in [4.69, 9.17) is 0 Å². The molecular formula is C23H28N2O2S. The molecule has 2 aliphatic rings. The van der Waals surface area contributed by atoms with Crippen molar-refractivity contribution < 1.29 is 9.59 Å². The Morgan fingerprint density at radius 3 is 2.64 bits per heavy atom. The van der Waals surface area contributed by atoms with Crippen LogP contribution in [0.15, 0.2) is 41.8 Å². The van der Waals surface area contributed by atoms with Gasteiger partial charge in [-0.2, -0.15) is 0 Å². The predicted octanol–water partition coefficient (Wildman–Crippen LogP) is 4.60. The average Bonchev–Trinajstić information content (AvgIpc) is 3.16. The summed E-state index contributed by atoms with van der Waals surface area (Å²) in [7, 11) is 0. The van der Waals surface area contributed by atoms with E-state index < -0.39 is 0 Å². The van der Waals surface area contributed by atoms with Gasteiger partial charge in [0.2, 0.25) is 5.91 Å². The molecule has 0 bridgehead atoms. The summed E-state index contributed by atoms with van der Waals surface area (Å²) in [4.78, 5) is 29.8. The van der Waals surface area contributed by atoms with Crippen molar-refractivity contribution in [2.24, 2.45) is 11.8 Å². The Morgan fingerprint density at radius 2 is 2.00 bits per heavy atom. The fraction of sp³-hybridized carbons (Fsp3) is 0.478. The normalized spacial score (nSPS) is 22.1. The first kappa shape index (κ1) is 19.2. The van der Waals surface area contributed by atoms with Gasteiger partial charge < -0.3 is 10.2 Å². The zero-order valence-corrected chi connectivity index (χ0v) is 17.4. The molecule has 1 saturated carbocycles. The summed E-state index contributed by atoms with van der Waals surface area (Å²) in [5.74, 6) is 0.642. The molecule has 0 spiro atoms. The van der Waals surface area contributed by atoms with E-state index in [1.165, 1.54) is 19.3 Å². The molecule has 2 aromatic rings. The van der Waals surface area contributed by atoms with Gasteiger partial charge in [-0.1, -0.05) is 44.5 Å². The second-order valence-electron chi connectivity index (χ2n) is 8.42. The lowest BCUT2D eigenvalue weighted by atomic mass is 9.80. The smallest absolute Gasteiger partial charge is 0.254 e. The van der Waals surface area contributed by atoms with Gasteiger partial charge in [-0.05, 0) is 47.8 Å². The van der Waals surface area contributed by atoms with E-state index in [9.17, 15) is 9.59 Å². The Balaban J connectivity index is 1.74.